The number of carbonyl (C=O) groups is 1. The number of hydrogen-bond acceptors (Lipinski definition) is 3. The minimum Gasteiger partial charge on any atom is -0.396 e. The molecule has 0 atom stereocenters. The number of hydrogen-bond donors (Lipinski definition) is 2. The normalized spacial score (nSPS) is 17.9. The van der Waals surface area contributed by atoms with Crippen LogP contribution < -0.4 is 11.1 Å². The number of pyridine rings is 1. The molecule has 3 N–H and O–H groups in total. The van der Waals surface area contributed by atoms with Gasteiger partial charge < -0.3 is 11.1 Å². The first kappa shape index (κ1) is 11.9. The topological polar surface area (TPSA) is 68.0 Å². The van der Waals surface area contributed by atoms with Gasteiger partial charge in [-0.3, -0.25) is 4.79 Å². The fraction of sp³-hybridized carbons (Fsp3) is 0.538. The number of carbonyl (C=O) groups excluding carboxylic acids is 1. The van der Waals surface area contributed by atoms with Gasteiger partial charge in [-0.2, -0.15) is 0 Å². The molecule has 2 rings (SSSR count). The first-order valence-corrected chi connectivity index (χ1v) is 6.20. The number of nitrogens with two attached hydrogens (primary N) is 1. The van der Waals surface area contributed by atoms with Crippen molar-refractivity contribution in [2.75, 3.05) is 11.1 Å². The molecule has 1 fully saturated rings. The van der Waals surface area contributed by atoms with E-state index in [0.29, 0.717) is 11.5 Å². The van der Waals surface area contributed by atoms with Crippen molar-refractivity contribution in [3.05, 3.63) is 18.3 Å². The number of aromatic nitrogens is 1. The number of nitrogen functional groups attached to an aromatic ring is 1. The monoisotopic (exact) mass is 233 g/mol. The molecule has 0 aromatic carbocycles. The van der Waals surface area contributed by atoms with Crippen LogP contribution in [-0.2, 0) is 4.79 Å². The van der Waals surface area contributed by atoms with Crippen LogP contribution in [0.5, 0.6) is 0 Å². The summed E-state index contributed by atoms with van der Waals surface area (Å²) < 4.78 is 0. The summed E-state index contributed by atoms with van der Waals surface area (Å²) in [6.07, 6.45) is 6.74. The van der Waals surface area contributed by atoms with Crippen LogP contribution in [0.3, 0.4) is 0 Å². The third-order valence-electron chi connectivity index (χ3n) is 3.79. The largest absolute Gasteiger partial charge is 0.396 e. The summed E-state index contributed by atoms with van der Waals surface area (Å²) in [5.41, 5.74) is 6.09. The number of anilines is 2. The molecule has 1 saturated carbocycles. The third kappa shape index (κ3) is 2.25. The fourth-order valence-corrected chi connectivity index (χ4v) is 2.56. The van der Waals surface area contributed by atoms with Gasteiger partial charge in [0.2, 0.25) is 5.91 Å². The van der Waals surface area contributed by atoms with Crippen LogP contribution >= 0.6 is 0 Å². The zero-order valence-electron chi connectivity index (χ0n) is 10.2. The van der Waals surface area contributed by atoms with Gasteiger partial charge in [-0.15, -0.1) is 0 Å². The Morgan fingerprint density at radius 1 is 1.53 bits per heavy atom. The van der Waals surface area contributed by atoms with Crippen LogP contribution in [0, 0.1) is 5.41 Å². The molecule has 0 unspecified atom stereocenters. The van der Waals surface area contributed by atoms with E-state index >= 15 is 0 Å². The van der Waals surface area contributed by atoms with Crippen molar-refractivity contribution >= 4 is 17.4 Å². The van der Waals surface area contributed by atoms with Gasteiger partial charge in [0.05, 0.1) is 5.69 Å². The number of amides is 1. The second kappa shape index (κ2) is 4.73. The van der Waals surface area contributed by atoms with Gasteiger partial charge in [0.1, 0.15) is 0 Å². The Hall–Kier alpha value is -1.58. The molecule has 1 aliphatic carbocycles. The Morgan fingerprint density at radius 2 is 2.24 bits per heavy atom. The zero-order valence-corrected chi connectivity index (χ0v) is 10.2. The summed E-state index contributed by atoms with van der Waals surface area (Å²) in [7, 11) is 0. The lowest BCUT2D eigenvalue weighted by Gasteiger charge is -2.25. The van der Waals surface area contributed by atoms with Crippen LogP contribution in [0.2, 0.25) is 0 Å². The van der Waals surface area contributed by atoms with E-state index in [1.165, 1.54) is 0 Å². The zero-order chi connectivity index (χ0) is 12.3. The van der Waals surface area contributed by atoms with Gasteiger partial charge >= 0.3 is 0 Å². The van der Waals surface area contributed by atoms with E-state index in [1.54, 1.807) is 18.3 Å². The first-order valence-electron chi connectivity index (χ1n) is 6.20. The van der Waals surface area contributed by atoms with E-state index in [0.717, 1.165) is 32.1 Å². The van der Waals surface area contributed by atoms with Crippen molar-refractivity contribution in [3.63, 3.8) is 0 Å². The SMILES string of the molecule is CCC1(C(=O)Nc2ncccc2N)CCCC1. The average molecular weight is 233 g/mol. The van der Waals surface area contributed by atoms with Crippen LogP contribution in [0.15, 0.2) is 18.3 Å². The molecule has 0 aliphatic heterocycles. The van der Waals surface area contributed by atoms with Gasteiger partial charge in [-0.25, -0.2) is 4.98 Å². The van der Waals surface area contributed by atoms with Gasteiger partial charge in [-0.1, -0.05) is 19.8 Å². The molecule has 0 bridgehead atoms. The maximum atomic E-state index is 12.3. The molecule has 1 aliphatic rings. The molecule has 1 amide bonds. The van der Waals surface area contributed by atoms with Gasteiger partial charge in [-0.05, 0) is 31.4 Å². The van der Waals surface area contributed by atoms with Crippen LogP contribution in [-0.4, -0.2) is 10.9 Å². The van der Waals surface area contributed by atoms with E-state index in [4.69, 9.17) is 5.73 Å². The summed E-state index contributed by atoms with van der Waals surface area (Å²) in [6.45, 7) is 2.08. The molecular weight excluding hydrogens is 214 g/mol. The number of nitrogens with zero attached hydrogens (tertiary/aromatic N) is 1. The molecule has 1 heterocycles. The van der Waals surface area contributed by atoms with Crippen LogP contribution in [0.4, 0.5) is 11.5 Å². The second-order valence-corrected chi connectivity index (χ2v) is 4.74. The highest BCUT2D eigenvalue weighted by Crippen LogP contribution is 2.41. The van der Waals surface area contributed by atoms with E-state index in [1.807, 2.05) is 0 Å². The Kier molecular flexibility index (Phi) is 3.31. The van der Waals surface area contributed by atoms with E-state index in [-0.39, 0.29) is 11.3 Å². The lowest BCUT2D eigenvalue weighted by atomic mass is 9.82. The van der Waals surface area contributed by atoms with E-state index in [9.17, 15) is 4.79 Å². The van der Waals surface area contributed by atoms with Crippen molar-refractivity contribution in [2.45, 2.75) is 39.0 Å². The molecule has 92 valence electrons. The molecule has 1 aromatic heterocycles. The molecule has 1 aromatic rings. The smallest absolute Gasteiger partial charge is 0.231 e. The highest BCUT2D eigenvalue weighted by Gasteiger charge is 2.39. The second-order valence-electron chi connectivity index (χ2n) is 4.74. The number of rotatable bonds is 3. The van der Waals surface area contributed by atoms with Crippen LogP contribution in [0.25, 0.3) is 0 Å². The predicted octanol–water partition coefficient (Wildman–Crippen LogP) is 2.57. The van der Waals surface area contributed by atoms with Gasteiger partial charge in [0.15, 0.2) is 5.82 Å². The standard InChI is InChI=1S/C13H19N3O/c1-2-13(7-3-4-8-13)12(17)16-11-10(14)6-5-9-15-11/h5-6,9H,2-4,7-8,14H2,1H3,(H,15,16,17). The van der Waals surface area contributed by atoms with E-state index in [2.05, 4.69) is 17.2 Å². The summed E-state index contributed by atoms with van der Waals surface area (Å²) >= 11 is 0. The van der Waals surface area contributed by atoms with Gasteiger partial charge in [0.25, 0.3) is 0 Å². The van der Waals surface area contributed by atoms with Crippen molar-refractivity contribution in [1.29, 1.82) is 0 Å². The molecule has 0 saturated heterocycles. The lowest BCUT2D eigenvalue weighted by molar-refractivity contribution is -0.125. The molecular formula is C13H19N3O. The summed E-state index contributed by atoms with van der Waals surface area (Å²) in [4.78, 5) is 16.4. The highest BCUT2D eigenvalue weighted by molar-refractivity contribution is 5.96. The number of nitrogens with one attached hydrogen (secondary N) is 1. The summed E-state index contributed by atoms with van der Waals surface area (Å²) in [5.74, 6) is 0.556. The Bertz CT molecular complexity index is 411. The molecule has 17 heavy (non-hydrogen) atoms. The maximum Gasteiger partial charge on any atom is 0.231 e. The fourth-order valence-electron chi connectivity index (χ4n) is 2.56. The predicted molar refractivity (Wildman–Crippen MR) is 68.5 cm³/mol. The van der Waals surface area contributed by atoms with Crippen molar-refractivity contribution in [3.8, 4) is 0 Å². The average Bonchev–Trinajstić information content (AvgIpc) is 2.82. The summed E-state index contributed by atoms with van der Waals surface area (Å²) in [5, 5.41) is 2.87. The Labute approximate surface area is 102 Å². The molecule has 0 radical (unpaired) electrons. The van der Waals surface area contributed by atoms with Gasteiger partial charge in [0, 0.05) is 11.6 Å². The Balaban J connectivity index is 2.14. The van der Waals surface area contributed by atoms with Crippen molar-refractivity contribution in [2.24, 2.45) is 5.41 Å². The third-order valence-corrected chi connectivity index (χ3v) is 3.79. The minimum atomic E-state index is -0.204. The molecule has 4 heteroatoms. The van der Waals surface area contributed by atoms with Crippen molar-refractivity contribution < 1.29 is 4.79 Å². The first-order chi connectivity index (χ1) is 8.18. The van der Waals surface area contributed by atoms with Crippen LogP contribution in [0.1, 0.15) is 39.0 Å². The maximum absolute atomic E-state index is 12.3. The molecule has 4 nitrogen and oxygen atoms in total. The van der Waals surface area contributed by atoms with Crippen molar-refractivity contribution in [1.82, 2.24) is 4.98 Å². The lowest BCUT2D eigenvalue weighted by Crippen LogP contribution is -2.33. The highest BCUT2D eigenvalue weighted by atomic mass is 16.2. The molecule has 0 spiro atoms. The summed E-state index contributed by atoms with van der Waals surface area (Å²) in [6, 6.07) is 3.51. The quantitative estimate of drug-likeness (QED) is 0.843. The van der Waals surface area contributed by atoms with E-state index < -0.39 is 0 Å². The Morgan fingerprint density at radius 3 is 2.82 bits per heavy atom. The minimum absolute atomic E-state index is 0.0721.